The smallest absolute Gasteiger partial charge is 0.417 e. The molecular weight excluding hydrogens is 350 g/mol. The number of amides is 2. The van der Waals surface area contributed by atoms with Crippen molar-refractivity contribution < 1.29 is 14.3 Å². The standard InChI is InChI=1S/C21H22ClNO3/c1-2-18(16-11-7-4-8-12-16)19(22)20(24)23-17(14-26-21(23)25)13-15-9-5-3-6-10-15/h3-12,17-19H,2,13-14H2,1H3/t17-,18-,19-/m0/s1. The molecule has 0 aromatic heterocycles. The molecule has 1 fully saturated rings. The molecule has 1 saturated heterocycles. The molecule has 136 valence electrons. The molecule has 4 nitrogen and oxygen atoms in total. The van der Waals surface area contributed by atoms with Crippen molar-refractivity contribution in [1.29, 1.82) is 0 Å². The summed E-state index contributed by atoms with van der Waals surface area (Å²) in [5.41, 5.74) is 2.05. The first-order chi connectivity index (χ1) is 12.6. The van der Waals surface area contributed by atoms with Gasteiger partial charge in [-0.05, 0) is 24.0 Å². The number of hydrogen-bond donors (Lipinski definition) is 0. The number of rotatable bonds is 6. The minimum atomic E-state index is -0.814. The molecular formula is C21H22ClNO3. The molecule has 0 bridgehead atoms. The topological polar surface area (TPSA) is 46.6 Å². The summed E-state index contributed by atoms with van der Waals surface area (Å²) in [6.07, 6.45) is 0.657. The van der Waals surface area contributed by atoms with Gasteiger partial charge in [0.15, 0.2) is 0 Å². The maximum Gasteiger partial charge on any atom is 0.417 e. The minimum absolute atomic E-state index is 0.156. The third kappa shape index (κ3) is 3.91. The van der Waals surface area contributed by atoms with Crippen molar-refractivity contribution in [1.82, 2.24) is 4.90 Å². The lowest BCUT2D eigenvalue weighted by Gasteiger charge is -2.26. The predicted octanol–water partition coefficient (Wildman–Crippen LogP) is 4.38. The molecule has 0 saturated carbocycles. The zero-order chi connectivity index (χ0) is 18.5. The summed E-state index contributed by atoms with van der Waals surface area (Å²) in [6, 6.07) is 19.1. The normalized spacial score (nSPS) is 19.1. The number of carbonyl (C=O) groups excluding carboxylic acids is 2. The first-order valence-corrected chi connectivity index (χ1v) is 9.28. The third-order valence-corrected chi connectivity index (χ3v) is 5.26. The molecule has 1 aliphatic heterocycles. The van der Waals surface area contributed by atoms with E-state index in [2.05, 4.69) is 0 Å². The Kier molecular flexibility index (Phi) is 5.94. The van der Waals surface area contributed by atoms with E-state index in [1.165, 1.54) is 4.90 Å². The first kappa shape index (κ1) is 18.5. The fraction of sp³-hybridized carbons (Fsp3) is 0.333. The SMILES string of the molecule is CC[C@@H](c1ccccc1)[C@H](Cl)C(=O)N1C(=O)OC[C@@H]1Cc1ccccc1. The van der Waals surface area contributed by atoms with Crippen LogP contribution in [0.1, 0.15) is 30.4 Å². The van der Waals surface area contributed by atoms with Gasteiger partial charge in [0.05, 0.1) is 6.04 Å². The van der Waals surface area contributed by atoms with Gasteiger partial charge in [-0.15, -0.1) is 11.6 Å². The molecule has 0 radical (unpaired) electrons. The Morgan fingerprint density at radius 3 is 2.38 bits per heavy atom. The van der Waals surface area contributed by atoms with Gasteiger partial charge in [0.2, 0.25) is 0 Å². The Morgan fingerprint density at radius 1 is 1.15 bits per heavy atom. The van der Waals surface area contributed by atoms with Gasteiger partial charge >= 0.3 is 6.09 Å². The second-order valence-electron chi connectivity index (χ2n) is 6.46. The van der Waals surface area contributed by atoms with Gasteiger partial charge in [-0.3, -0.25) is 4.79 Å². The summed E-state index contributed by atoms with van der Waals surface area (Å²) in [4.78, 5) is 26.4. The van der Waals surface area contributed by atoms with E-state index in [1.54, 1.807) is 0 Å². The number of ether oxygens (including phenoxy) is 1. The highest BCUT2D eigenvalue weighted by molar-refractivity contribution is 6.32. The fourth-order valence-corrected chi connectivity index (χ4v) is 3.81. The number of carbonyl (C=O) groups is 2. The molecule has 1 heterocycles. The Bertz CT molecular complexity index is 750. The third-order valence-electron chi connectivity index (χ3n) is 4.77. The number of benzene rings is 2. The molecule has 3 atom stereocenters. The van der Waals surface area contributed by atoms with E-state index in [0.29, 0.717) is 12.8 Å². The molecule has 0 aliphatic carbocycles. The highest BCUT2D eigenvalue weighted by atomic mass is 35.5. The Labute approximate surface area is 158 Å². The van der Waals surface area contributed by atoms with Gasteiger partial charge in [-0.1, -0.05) is 67.6 Å². The molecule has 0 spiro atoms. The number of hydrogen-bond acceptors (Lipinski definition) is 3. The Hall–Kier alpha value is -2.33. The van der Waals surface area contributed by atoms with Crippen molar-refractivity contribution in [2.24, 2.45) is 0 Å². The van der Waals surface area contributed by atoms with E-state index in [-0.39, 0.29) is 24.5 Å². The van der Waals surface area contributed by atoms with Crippen LogP contribution >= 0.6 is 11.6 Å². The van der Waals surface area contributed by atoms with Crippen LogP contribution in [0.4, 0.5) is 4.79 Å². The van der Waals surface area contributed by atoms with E-state index in [0.717, 1.165) is 11.1 Å². The van der Waals surface area contributed by atoms with Crippen molar-refractivity contribution in [3.63, 3.8) is 0 Å². The van der Waals surface area contributed by atoms with Crippen LogP contribution in [0.2, 0.25) is 0 Å². The van der Waals surface area contributed by atoms with Gasteiger partial charge in [0, 0.05) is 5.92 Å². The quantitative estimate of drug-likeness (QED) is 0.708. The first-order valence-electron chi connectivity index (χ1n) is 8.84. The highest BCUT2D eigenvalue weighted by Crippen LogP contribution is 2.30. The fourth-order valence-electron chi connectivity index (χ4n) is 3.38. The van der Waals surface area contributed by atoms with Crippen LogP contribution in [0.25, 0.3) is 0 Å². The number of cyclic esters (lactones) is 1. The average molecular weight is 372 g/mol. The maximum atomic E-state index is 13.0. The summed E-state index contributed by atoms with van der Waals surface area (Å²) >= 11 is 6.55. The molecule has 0 unspecified atom stereocenters. The van der Waals surface area contributed by atoms with E-state index >= 15 is 0 Å². The van der Waals surface area contributed by atoms with Crippen LogP contribution in [-0.4, -0.2) is 34.9 Å². The molecule has 26 heavy (non-hydrogen) atoms. The highest BCUT2D eigenvalue weighted by Gasteiger charge is 2.42. The Morgan fingerprint density at radius 2 is 1.77 bits per heavy atom. The lowest BCUT2D eigenvalue weighted by Crippen LogP contribution is -2.45. The average Bonchev–Trinajstić information content (AvgIpc) is 3.03. The van der Waals surface area contributed by atoms with Gasteiger partial charge in [0.1, 0.15) is 12.0 Å². The molecule has 2 aromatic rings. The monoisotopic (exact) mass is 371 g/mol. The van der Waals surface area contributed by atoms with Crippen molar-refractivity contribution >= 4 is 23.6 Å². The molecule has 2 aromatic carbocycles. The maximum absolute atomic E-state index is 13.0. The van der Waals surface area contributed by atoms with Crippen LogP contribution in [0.15, 0.2) is 60.7 Å². The van der Waals surface area contributed by atoms with Gasteiger partial charge in [0.25, 0.3) is 5.91 Å². The van der Waals surface area contributed by atoms with E-state index in [9.17, 15) is 9.59 Å². The summed E-state index contributed by atoms with van der Waals surface area (Å²) in [5.74, 6) is -0.540. The van der Waals surface area contributed by atoms with E-state index in [4.69, 9.17) is 16.3 Å². The van der Waals surface area contributed by atoms with E-state index < -0.39 is 11.5 Å². The van der Waals surface area contributed by atoms with Crippen LogP contribution < -0.4 is 0 Å². The number of halogens is 1. The Balaban J connectivity index is 1.78. The number of imide groups is 1. The van der Waals surface area contributed by atoms with Crippen molar-refractivity contribution in [3.05, 3.63) is 71.8 Å². The van der Waals surface area contributed by atoms with Gasteiger partial charge in [-0.2, -0.15) is 0 Å². The molecule has 3 rings (SSSR count). The zero-order valence-electron chi connectivity index (χ0n) is 14.7. The van der Waals surface area contributed by atoms with Crippen molar-refractivity contribution in [2.75, 3.05) is 6.61 Å². The van der Waals surface area contributed by atoms with Crippen molar-refractivity contribution in [2.45, 2.75) is 37.1 Å². The van der Waals surface area contributed by atoms with E-state index in [1.807, 2.05) is 67.6 Å². The summed E-state index contributed by atoms with van der Waals surface area (Å²) in [5, 5.41) is -0.814. The zero-order valence-corrected chi connectivity index (χ0v) is 15.4. The lowest BCUT2D eigenvalue weighted by atomic mass is 9.92. The van der Waals surface area contributed by atoms with Crippen LogP contribution in [0.5, 0.6) is 0 Å². The molecule has 5 heteroatoms. The minimum Gasteiger partial charge on any atom is -0.447 e. The second-order valence-corrected chi connectivity index (χ2v) is 6.93. The summed E-state index contributed by atoms with van der Waals surface area (Å²) < 4.78 is 5.15. The molecule has 2 amide bonds. The van der Waals surface area contributed by atoms with Crippen LogP contribution in [0.3, 0.4) is 0 Å². The number of alkyl halides is 1. The van der Waals surface area contributed by atoms with Crippen LogP contribution in [0, 0.1) is 0 Å². The second kappa shape index (κ2) is 8.37. The largest absolute Gasteiger partial charge is 0.447 e. The summed E-state index contributed by atoms with van der Waals surface area (Å²) in [7, 11) is 0. The lowest BCUT2D eigenvalue weighted by molar-refractivity contribution is -0.129. The summed E-state index contributed by atoms with van der Waals surface area (Å²) in [6.45, 7) is 2.19. The van der Waals surface area contributed by atoms with Crippen molar-refractivity contribution in [3.8, 4) is 0 Å². The number of nitrogens with zero attached hydrogens (tertiary/aromatic N) is 1. The molecule has 0 N–H and O–H groups in total. The van der Waals surface area contributed by atoms with Gasteiger partial charge < -0.3 is 4.74 Å². The predicted molar refractivity (Wildman–Crippen MR) is 101 cm³/mol. The van der Waals surface area contributed by atoms with Gasteiger partial charge in [-0.25, -0.2) is 9.69 Å². The van der Waals surface area contributed by atoms with Crippen LogP contribution in [-0.2, 0) is 16.0 Å². The molecule has 1 aliphatic rings.